The number of aromatic nitrogens is 1. The van der Waals surface area contributed by atoms with Gasteiger partial charge < -0.3 is 9.84 Å². The third kappa shape index (κ3) is 2.48. The number of carboxylic acid groups (broad SMARTS) is 1. The predicted octanol–water partition coefficient (Wildman–Crippen LogP) is 4.39. The van der Waals surface area contributed by atoms with E-state index in [4.69, 9.17) is 4.74 Å². The molecule has 0 aliphatic heterocycles. The van der Waals surface area contributed by atoms with Crippen LogP contribution in [0, 0.1) is 3.57 Å². The van der Waals surface area contributed by atoms with Crippen molar-refractivity contribution >= 4 is 51.0 Å². The van der Waals surface area contributed by atoms with Gasteiger partial charge in [-0.3, -0.25) is 0 Å². The lowest BCUT2D eigenvalue weighted by Gasteiger charge is -2.07. The van der Waals surface area contributed by atoms with Crippen molar-refractivity contribution in [3.05, 3.63) is 51.6 Å². The second-order valence-electron chi connectivity index (χ2n) is 4.03. The van der Waals surface area contributed by atoms with Crippen LogP contribution in [-0.4, -0.2) is 15.4 Å². The molecule has 100 valence electrons. The van der Waals surface area contributed by atoms with Crippen molar-refractivity contribution in [2.24, 2.45) is 0 Å². The van der Waals surface area contributed by atoms with E-state index in [-0.39, 0.29) is 5.56 Å². The Morgan fingerprint density at radius 3 is 2.85 bits per heavy atom. The first kappa shape index (κ1) is 13.3. The summed E-state index contributed by atoms with van der Waals surface area (Å²) in [7, 11) is 0. The minimum absolute atomic E-state index is 0.148. The minimum Gasteiger partial charge on any atom is -0.478 e. The molecule has 20 heavy (non-hydrogen) atoms. The monoisotopic (exact) mass is 397 g/mol. The van der Waals surface area contributed by atoms with E-state index in [9.17, 15) is 9.90 Å². The highest BCUT2D eigenvalue weighted by Gasteiger charge is 2.15. The Labute approximate surface area is 132 Å². The molecular weight excluding hydrogens is 389 g/mol. The molecule has 0 bridgehead atoms. The number of fused-ring (bicyclic) bond motifs is 1. The van der Waals surface area contributed by atoms with Gasteiger partial charge in [0.25, 0.3) is 0 Å². The number of benzene rings is 2. The molecule has 0 radical (unpaired) electrons. The zero-order valence-electron chi connectivity index (χ0n) is 10.0. The van der Waals surface area contributed by atoms with E-state index in [1.54, 1.807) is 12.1 Å². The molecule has 0 saturated heterocycles. The quantitative estimate of drug-likeness (QED) is 0.666. The summed E-state index contributed by atoms with van der Waals surface area (Å²) in [4.78, 5) is 11.3. The predicted molar refractivity (Wildman–Crippen MR) is 85.8 cm³/mol. The molecule has 1 N–H and O–H groups in total. The number of carbonyl (C=O) groups is 1. The van der Waals surface area contributed by atoms with Crippen LogP contribution in [0.15, 0.2) is 42.5 Å². The van der Waals surface area contributed by atoms with E-state index in [0.29, 0.717) is 10.8 Å². The van der Waals surface area contributed by atoms with Gasteiger partial charge in [0.1, 0.15) is 11.3 Å². The molecule has 2 aromatic carbocycles. The summed E-state index contributed by atoms with van der Waals surface area (Å²) in [6.07, 6.45) is 0. The summed E-state index contributed by atoms with van der Waals surface area (Å²) in [5.41, 5.74) is 0.990. The van der Waals surface area contributed by atoms with Crippen LogP contribution in [0.4, 0.5) is 0 Å². The number of ether oxygens (including phenoxy) is 1. The van der Waals surface area contributed by atoms with Crippen LogP contribution in [0.25, 0.3) is 10.9 Å². The second kappa shape index (κ2) is 5.37. The third-order valence-electron chi connectivity index (χ3n) is 2.73. The van der Waals surface area contributed by atoms with Gasteiger partial charge in [-0.1, -0.05) is 12.1 Å². The maximum atomic E-state index is 11.3. The Balaban J connectivity index is 2.05. The van der Waals surface area contributed by atoms with Gasteiger partial charge in [-0.15, -0.1) is 0 Å². The molecule has 0 aliphatic carbocycles. The molecule has 0 saturated carbocycles. The maximum absolute atomic E-state index is 11.3. The minimum atomic E-state index is -1.01. The first-order valence-electron chi connectivity index (χ1n) is 5.70. The summed E-state index contributed by atoms with van der Waals surface area (Å²) in [6, 6.07) is 12.7. The fourth-order valence-electron chi connectivity index (χ4n) is 1.80. The van der Waals surface area contributed by atoms with Gasteiger partial charge in [0.15, 0.2) is 0 Å². The van der Waals surface area contributed by atoms with Crippen molar-refractivity contribution in [1.29, 1.82) is 0 Å². The van der Waals surface area contributed by atoms with Gasteiger partial charge in [-0.05, 0) is 52.9 Å². The number of halogens is 1. The number of aromatic carboxylic acids is 1. The van der Waals surface area contributed by atoms with Gasteiger partial charge in [-0.25, -0.2) is 4.79 Å². The van der Waals surface area contributed by atoms with E-state index in [1.165, 1.54) is 11.5 Å². The molecule has 4 nitrogen and oxygen atoms in total. The maximum Gasteiger partial charge on any atom is 0.339 e. The molecule has 0 aliphatic rings. The van der Waals surface area contributed by atoms with Crippen LogP contribution in [0.5, 0.6) is 10.8 Å². The number of rotatable bonds is 3. The topological polar surface area (TPSA) is 59.4 Å². The first-order valence-corrected chi connectivity index (χ1v) is 7.55. The highest BCUT2D eigenvalue weighted by Crippen LogP contribution is 2.35. The molecule has 3 aromatic rings. The Morgan fingerprint density at radius 1 is 1.25 bits per heavy atom. The van der Waals surface area contributed by atoms with E-state index in [0.717, 1.165) is 14.5 Å². The molecular formula is C14H8INO3S. The Hall–Kier alpha value is -1.67. The summed E-state index contributed by atoms with van der Waals surface area (Å²) in [6.45, 7) is 0. The molecule has 6 heteroatoms. The van der Waals surface area contributed by atoms with E-state index < -0.39 is 5.97 Å². The summed E-state index contributed by atoms with van der Waals surface area (Å²) in [5.74, 6) is -0.681. The van der Waals surface area contributed by atoms with Crippen molar-refractivity contribution in [2.75, 3.05) is 0 Å². The van der Waals surface area contributed by atoms with Crippen LogP contribution in [-0.2, 0) is 0 Å². The van der Waals surface area contributed by atoms with Crippen LogP contribution >= 0.6 is 34.1 Å². The average molecular weight is 397 g/mol. The first-order chi connectivity index (χ1) is 9.65. The fraction of sp³-hybridized carbons (Fsp3) is 0. The lowest BCUT2D eigenvalue weighted by molar-refractivity contribution is 0.0694. The number of hydrogen-bond donors (Lipinski definition) is 1. The molecule has 0 spiro atoms. The van der Waals surface area contributed by atoms with Crippen molar-refractivity contribution in [2.45, 2.75) is 0 Å². The molecule has 1 heterocycles. The van der Waals surface area contributed by atoms with Crippen molar-refractivity contribution in [1.82, 2.24) is 4.37 Å². The van der Waals surface area contributed by atoms with Crippen LogP contribution < -0.4 is 4.74 Å². The summed E-state index contributed by atoms with van der Waals surface area (Å²) in [5, 5.41) is 10.7. The normalized spacial score (nSPS) is 10.7. The highest BCUT2D eigenvalue weighted by molar-refractivity contribution is 14.1. The lowest BCUT2D eigenvalue weighted by Crippen LogP contribution is -2.00. The number of carboxylic acids is 1. The molecule has 0 atom stereocenters. The van der Waals surface area contributed by atoms with Gasteiger partial charge in [0, 0.05) is 15.1 Å². The number of hydrogen-bond acceptors (Lipinski definition) is 4. The van der Waals surface area contributed by atoms with Crippen molar-refractivity contribution in [3.8, 4) is 10.8 Å². The summed E-state index contributed by atoms with van der Waals surface area (Å²) < 4.78 is 10.9. The van der Waals surface area contributed by atoms with Crippen LogP contribution in [0.2, 0.25) is 0 Å². The molecule has 1 aromatic heterocycles. The van der Waals surface area contributed by atoms with Crippen LogP contribution in [0.1, 0.15) is 10.4 Å². The zero-order chi connectivity index (χ0) is 14.1. The average Bonchev–Trinajstić information content (AvgIpc) is 2.84. The summed E-state index contributed by atoms with van der Waals surface area (Å²) >= 11 is 3.29. The van der Waals surface area contributed by atoms with E-state index >= 15 is 0 Å². The highest BCUT2D eigenvalue weighted by atomic mass is 127. The van der Waals surface area contributed by atoms with Gasteiger partial charge in [-0.2, -0.15) is 4.37 Å². The Kier molecular flexibility index (Phi) is 3.58. The fourth-order valence-corrected chi connectivity index (χ4v) is 3.03. The number of nitrogens with zero attached hydrogens (tertiary/aromatic N) is 1. The van der Waals surface area contributed by atoms with E-state index in [1.807, 2.05) is 30.3 Å². The van der Waals surface area contributed by atoms with Crippen molar-refractivity contribution < 1.29 is 14.6 Å². The van der Waals surface area contributed by atoms with E-state index in [2.05, 4.69) is 27.0 Å². The Bertz CT molecular complexity index is 800. The lowest BCUT2D eigenvalue weighted by atomic mass is 10.2. The molecule has 0 fully saturated rings. The van der Waals surface area contributed by atoms with Gasteiger partial charge in [0.05, 0.1) is 10.9 Å². The molecule has 0 amide bonds. The van der Waals surface area contributed by atoms with Crippen LogP contribution in [0.3, 0.4) is 0 Å². The van der Waals surface area contributed by atoms with Crippen molar-refractivity contribution in [3.63, 3.8) is 0 Å². The SMILES string of the molecule is O=C(O)c1cc(I)ccc1Oc1snc2ccccc12. The standard InChI is InChI=1S/C14H8INO3S/c15-8-5-6-12(10(7-8)13(17)18)19-14-9-3-1-2-4-11(9)16-20-14/h1-7H,(H,17,18). The Morgan fingerprint density at radius 2 is 2.05 bits per heavy atom. The van der Waals surface area contributed by atoms with Gasteiger partial charge >= 0.3 is 5.97 Å². The molecule has 0 unspecified atom stereocenters. The molecule has 3 rings (SSSR count). The third-order valence-corrected chi connectivity index (χ3v) is 4.15. The van der Waals surface area contributed by atoms with Gasteiger partial charge in [0.2, 0.25) is 5.06 Å². The smallest absolute Gasteiger partial charge is 0.339 e. The zero-order valence-corrected chi connectivity index (χ0v) is 13.0. The second-order valence-corrected chi connectivity index (χ2v) is 6.02. The largest absolute Gasteiger partial charge is 0.478 e.